The van der Waals surface area contributed by atoms with Crippen LogP contribution in [0.3, 0.4) is 0 Å². The highest BCUT2D eigenvalue weighted by Crippen LogP contribution is 2.28. The lowest BCUT2D eigenvalue weighted by Gasteiger charge is -2.29. The standard InChI is InChI=1S/C16H22N2O2/c1-11-9-17-7-6-13(11)10-18-16(19)15-8-12-4-2-3-5-14(12)20-15/h2-5,11,13,15,17H,6-10H2,1H3,(H,18,19). The third-order valence-corrected chi connectivity index (χ3v) is 4.44. The fourth-order valence-corrected chi connectivity index (χ4v) is 3.05. The van der Waals surface area contributed by atoms with E-state index in [0.29, 0.717) is 18.3 Å². The van der Waals surface area contributed by atoms with E-state index in [1.165, 1.54) is 0 Å². The third-order valence-electron chi connectivity index (χ3n) is 4.44. The van der Waals surface area contributed by atoms with Crippen LogP contribution in [-0.2, 0) is 11.2 Å². The second-order valence-electron chi connectivity index (χ2n) is 5.89. The molecule has 4 heteroatoms. The summed E-state index contributed by atoms with van der Waals surface area (Å²) in [7, 11) is 0. The number of piperidine rings is 1. The van der Waals surface area contributed by atoms with Crippen LogP contribution in [0.15, 0.2) is 24.3 Å². The Morgan fingerprint density at radius 3 is 3.10 bits per heavy atom. The minimum atomic E-state index is -0.357. The summed E-state index contributed by atoms with van der Waals surface area (Å²) < 4.78 is 5.71. The molecule has 2 N–H and O–H groups in total. The van der Waals surface area contributed by atoms with Crippen molar-refractivity contribution in [2.24, 2.45) is 11.8 Å². The fourth-order valence-electron chi connectivity index (χ4n) is 3.05. The summed E-state index contributed by atoms with van der Waals surface area (Å²) in [6.45, 7) is 5.10. The summed E-state index contributed by atoms with van der Waals surface area (Å²) in [5, 5.41) is 6.45. The van der Waals surface area contributed by atoms with Gasteiger partial charge in [-0.25, -0.2) is 0 Å². The number of carbonyl (C=O) groups excluding carboxylic acids is 1. The molecule has 1 amide bonds. The minimum absolute atomic E-state index is 0.0203. The van der Waals surface area contributed by atoms with Crippen LogP contribution in [0.2, 0.25) is 0 Å². The molecule has 1 saturated heterocycles. The lowest BCUT2D eigenvalue weighted by molar-refractivity contribution is -0.127. The van der Waals surface area contributed by atoms with Gasteiger partial charge in [-0.3, -0.25) is 4.79 Å². The Hall–Kier alpha value is -1.55. The van der Waals surface area contributed by atoms with Crippen molar-refractivity contribution in [1.82, 2.24) is 10.6 Å². The zero-order chi connectivity index (χ0) is 13.9. The highest BCUT2D eigenvalue weighted by molar-refractivity contribution is 5.82. The molecule has 1 aromatic rings. The number of hydrogen-bond donors (Lipinski definition) is 2. The average Bonchev–Trinajstić information content (AvgIpc) is 2.90. The number of nitrogens with one attached hydrogen (secondary N) is 2. The molecule has 0 bridgehead atoms. The van der Waals surface area contributed by atoms with Crippen LogP contribution in [0.25, 0.3) is 0 Å². The first kappa shape index (κ1) is 13.4. The molecule has 3 rings (SSSR count). The van der Waals surface area contributed by atoms with Gasteiger partial charge in [0.2, 0.25) is 0 Å². The van der Waals surface area contributed by atoms with Crippen molar-refractivity contribution in [2.75, 3.05) is 19.6 Å². The van der Waals surface area contributed by atoms with Crippen LogP contribution in [0, 0.1) is 11.8 Å². The molecule has 0 saturated carbocycles. The number of para-hydroxylation sites is 1. The Bertz CT molecular complexity index is 464. The van der Waals surface area contributed by atoms with E-state index in [9.17, 15) is 4.79 Å². The minimum Gasteiger partial charge on any atom is -0.480 e. The highest BCUT2D eigenvalue weighted by atomic mass is 16.5. The molecule has 2 aliphatic heterocycles. The molecule has 4 nitrogen and oxygen atoms in total. The zero-order valence-electron chi connectivity index (χ0n) is 11.9. The quantitative estimate of drug-likeness (QED) is 0.875. The van der Waals surface area contributed by atoms with Gasteiger partial charge in [-0.05, 0) is 43.0 Å². The van der Waals surface area contributed by atoms with Gasteiger partial charge in [-0.15, -0.1) is 0 Å². The number of rotatable bonds is 3. The largest absolute Gasteiger partial charge is 0.480 e. The monoisotopic (exact) mass is 274 g/mol. The Balaban J connectivity index is 1.51. The lowest BCUT2D eigenvalue weighted by Crippen LogP contribution is -2.44. The number of fused-ring (bicyclic) bond motifs is 1. The first-order valence-corrected chi connectivity index (χ1v) is 7.47. The number of carbonyl (C=O) groups is 1. The van der Waals surface area contributed by atoms with Crippen LogP contribution in [0.1, 0.15) is 18.9 Å². The van der Waals surface area contributed by atoms with Crippen molar-refractivity contribution in [3.63, 3.8) is 0 Å². The second kappa shape index (κ2) is 5.83. The van der Waals surface area contributed by atoms with E-state index in [1.807, 2.05) is 24.3 Å². The number of ether oxygens (including phenoxy) is 1. The molecule has 0 spiro atoms. The van der Waals surface area contributed by atoms with Gasteiger partial charge in [0.25, 0.3) is 5.91 Å². The molecule has 0 aromatic heterocycles. The van der Waals surface area contributed by atoms with Crippen molar-refractivity contribution >= 4 is 5.91 Å². The molecule has 1 aromatic carbocycles. The summed E-state index contributed by atoms with van der Waals surface area (Å²) in [4.78, 5) is 12.2. The van der Waals surface area contributed by atoms with Crippen LogP contribution < -0.4 is 15.4 Å². The van der Waals surface area contributed by atoms with Crippen molar-refractivity contribution in [2.45, 2.75) is 25.9 Å². The molecule has 1 fully saturated rings. The Kier molecular flexibility index (Phi) is 3.92. The molecule has 3 atom stereocenters. The lowest BCUT2D eigenvalue weighted by atomic mass is 9.88. The molecule has 108 valence electrons. The maximum atomic E-state index is 12.2. The van der Waals surface area contributed by atoms with Gasteiger partial charge in [0.1, 0.15) is 5.75 Å². The normalized spacial score (nSPS) is 28.6. The molecule has 0 aliphatic carbocycles. The van der Waals surface area contributed by atoms with Gasteiger partial charge in [0.05, 0.1) is 0 Å². The van der Waals surface area contributed by atoms with E-state index < -0.39 is 0 Å². The number of amides is 1. The summed E-state index contributed by atoms with van der Waals surface area (Å²) in [5.74, 6) is 2.06. The molecule has 20 heavy (non-hydrogen) atoms. The Labute approximate surface area is 119 Å². The van der Waals surface area contributed by atoms with Gasteiger partial charge in [0.15, 0.2) is 6.10 Å². The summed E-state index contributed by atoms with van der Waals surface area (Å²) in [6, 6.07) is 7.88. The topological polar surface area (TPSA) is 50.4 Å². The number of hydrogen-bond acceptors (Lipinski definition) is 3. The van der Waals surface area contributed by atoms with Gasteiger partial charge in [-0.2, -0.15) is 0 Å². The van der Waals surface area contributed by atoms with E-state index >= 15 is 0 Å². The van der Waals surface area contributed by atoms with Gasteiger partial charge in [0, 0.05) is 13.0 Å². The third kappa shape index (κ3) is 2.80. The van der Waals surface area contributed by atoms with Crippen LogP contribution in [0.5, 0.6) is 5.75 Å². The van der Waals surface area contributed by atoms with Crippen molar-refractivity contribution < 1.29 is 9.53 Å². The molecule has 3 unspecified atom stereocenters. The number of benzene rings is 1. The van der Waals surface area contributed by atoms with Gasteiger partial charge >= 0.3 is 0 Å². The average molecular weight is 274 g/mol. The SMILES string of the molecule is CC1CNCCC1CNC(=O)C1Cc2ccccc2O1. The summed E-state index contributed by atoms with van der Waals surface area (Å²) in [6.07, 6.45) is 1.46. The van der Waals surface area contributed by atoms with Crippen LogP contribution >= 0.6 is 0 Å². The Morgan fingerprint density at radius 2 is 2.30 bits per heavy atom. The van der Waals surface area contributed by atoms with Crippen LogP contribution in [0.4, 0.5) is 0 Å². The predicted octanol–water partition coefficient (Wildman–Crippen LogP) is 1.35. The van der Waals surface area contributed by atoms with Crippen molar-refractivity contribution in [3.8, 4) is 5.75 Å². The van der Waals surface area contributed by atoms with Crippen molar-refractivity contribution in [1.29, 1.82) is 0 Å². The van der Waals surface area contributed by atoms with Crippen molar-refractivity contribution in [3.05, 3.63) is 29.8 Å². The van der Waals surface area contributed by atoms with E-state index in [1.54, 1.807) is 0 Å². The molecule has 2 aliphatic rings. The smallest absolute Gasteiger partial charge is 0.261 e. The Morgan fingerprint density at radius 1 is 1.45 bits per heavy atom. The highest BCUT2D eigenvalue weighted by Gasteiger charge is 2.29. The van der Waals surface area contributed by atoms with Gasteiger partial charge in [-0.1, -0.05) is 25.1 Å². The second-order valence-corrected chi connectivity index (χ2v) is 5.89. The van der Waals surface area contributed by atoms with Crippen LogP contribution in [-0.4, -0.2) is 31.6 Å². The van der Waals surface area contributed by atoms with E-state index in [0.717, 1.165) is 37.4 Å². The summed E-state index contributed by atoms with van der Waals surface area (Å²) in [5.41, 5.74) is 1.13. The van der Waals surface area contributed by atoms with E-state index in [2.05, 4.69) is 17.6 Å². The first-order valence-electron chi connectivity index (χ1n) is 7.47. The summed E-state index contributed by atoms with van der Waals surface area (Å²) >= 11 is 0. The zero-order valence-corrected chi connectivity index (χ0v) is 11.9. The molecule has 0 radical (unpaired) electrons. The van der Waals surface area contributed by atoms with E-state index in [4.69, 9.17) is 4.74 Å². The van der Waals surface area contributed by atoms with E-state index in [-0.39, 0.29) is 12.0 Å². The molecular formula is C16H22N2O2. The maximum Gasteiger partial charge on any atom is 0.261 e. The fraction of sp³-hybridized carbons (Fsp3) is 0.562. The predicted molar refractivity (Wildman–Crippen MR) is 77.7 cm³/mol. The molecular weight excluding hydrogens is 252 g/mol. The maximum absolute atomic E-state index is 12.2. The first-order chi connectivity index (χ1) is 9.74. The van der Waals surface area contributed by atoms with Gasteiger partial charge < -0.3 is 15.4 Å². The molecule has 2 heterocycles.